The highest BCUT2D eigenvalue weighted by Crippen LogP contribution is 2.33. The Morgan fingerprint density at radius 2 is 1.62 bits per heavy atom. The summed E-state index contributed by atoms with van der Waals surface area (Å²) in [6, 6.07) is 11.6. The zero-order valence-corrected chi connectivity index (χ0v) is 9.96. The van der Waals surface area contributed by atoms with Crippen molar-refractivity contribution < 1.29 is 0 Å². The maximum atomic E-state index is 5.94. The Morgan fingerprint density at radius 3 is 2.19 bits per heavy atom. The largest absolute Gasteiger partial charge is 0.398 e. The van der Waals surface area contributed by atoms with Gasteiger partial charge < -0.3 is 11.5 Å². The molecule has 82 valence electrons. The predicted octanol–water partition coefficient (Wildman–Crippen LogP) is 3.12. The lowest BCUT2D eigenvalue weighted by molar-refractivity contribution is 1.31. The molecule has 2 aromatic carbocycles. The van der Waals surface area contributed by atoms with Gasteiger partial charge in [-0.2, -0.15) is 0 Å². The van der Waals surface area contributed by atoms with Gasteiger partial charge in [0.25, 0.3) is 0 Å². The molecule has 0 aliphatic rings. The lowest BCUT2D eigenvalue weighted by Gasteiger charge is -2.10. The molecule has 0 atom stereocenters. The van der Waals surface area contributed by atoms with Crippen LogP contribution in [0.5, 0.6) is 0 Å². The summed E-state index contributed by atoms with van der Waals surface area (Å²) < 4.78 is 0. The van der Waals surface area contributed by atoms with Gasteiger partial charge in [-0.25, -0.2) is 0 Å². The maximum Gasteiger partial charge on any atom is 0.0414 e. The first-order valence-corrected chi connectivity index (χ1v) is 5.48. The fraction of sp³-hybridized carbons (Fsp3) is 0.0769. The molecule has 2 rings (SSSR count). The predicted molar refractivity (Wildman–Crippen MR) is 72.7 cm³/mol. The summed E-state index contributed by atoms with van der Waals surface area (Å²) in [5.74, 6) is 0. The van der Waals surface area contributed by atoms with E-state index in [0.717, 1.165) is 21.6 Å². The molecule has 0 saturated heterocycles. The molecule has 0 amide bonds. The Labute approximate surface area is 101 Å². The van der Waals surface area contributed by atoms with E-state index in [2.05, 4.69) is 12.6 Å². The van der Waals surface area contributed by atoms with Crippen molar-refractivity contribution >= 4 is 24.0 Å². The van der Waals surface area contributed by atoms with Crippen LogP contribution in [0, 0.1) is 6.92 Å². The van der Waals surface area contributed by atoms with Gasteiger partial charge in [-0.1, -0.05) is 18.2 Å². The third-order valence-electron chi connectivity index (χ3n) is 2.63. The zero-order chi connectivity index (χ0) is 11.7. The quantitative estimate of drug-likeness (QED) is 0.521. The first-order chi connectivity index (χ1) is 7.59. The fourth-order valence-corrected chi connectivity index (χ4v) is 1.90. The molecule has 16 heavy (non-hydrogen) atoms. The van der Waals surface area contributed by atoms with Crippen LogP contribution < -0.4 is 11.5 Å². The number of nitrogens with two attached hydrogens (primary N) is 2. The minimum atomic E-state index is 0.691. The van der Waals surface area contributed by atoms with E-state index < -0.39 is 0 Å². The third-order valence-corrected chi connectivity index (χ3v) is 3.11. The van der Waals surface area contributed by atoms with Crippen LogP contribution in [0.4, 0.5) is 11.4 Å². The van der Waals surface area contributed by atoms with Gasteiger partial charge in [0.1, 0.15) is 0 Å². The number of nitrogen functional groups attached to an aromatic ring is 2. The second-order valence-corrected chi connectivity index (χ2v) is 4.29. The highest BCUT2D eigenvalue weighted by Gasteiger charge is 2.07. The highest BCUT2D eigenvalue weighted by atomic mass is 32.1. The number of thiol groups is 1. The van der Waals surface area contributed by atoms with Gasteiger partial charge in [-0.15, -0.1) is 12.6 Å². The topological polar surface area (TPSA) is 52.0 Å². The van der Waals surface area contributed by atoms with E-state index in [4.69, 9.17) is 11.5 Å². The molecular weight excluding hydrogens is 216 g/mol. The van der Waals surface area contributed by atoms with Crippen LogP contribution in [0.3, 0.4) is 0 Å². The van der Waals surface area contributed by atoms with Crippen molar-refractivity contribution in [3.05, 3.63) is 42.0 Å². The average Bonchev–Trinajstić information content (AvgIpc) is 2.23. The molecule has 0 aromatic heterocycles. The Hall–Kier alpha value is -1.61. The summed E-state index contributed by atoms with van der Waals surface area (Å²) in [5.41, 5.74) is 16.3. The third kappa shape index (κ3) is 1.86. The van der Waals surface area contributed by atoms with E-state index in [1.807, 2.05) is 43.3 Å². The van der Waals surface area contributed by atoms with Crippen LogP contribution in [-0.2, 0) is 0 Å². The second kappa shape index (κ2) is 4.10. The number of benzene rings is 2. The fourth-order valence-electron chi connectivity index (χ4n) is 1.69. The van der Waals surface area contributed by atoms with Crippen LogP contribution in [0.15, 0.2) is 41.3 Å². The molecular formula is C13H14N2S. The molecule has 0 fully saturated rings. The summed E-state index contributed by atoms with van der Waals surface area (Å²) in [6.07, 6.45) is 0. The monoisotopic (exact) mass is 230 g/mol. The molecule has 2 aromatic rings. The molecule has 0 aliphatic heterocycles. The van der Waals surface area contributed by atoms with E-state index in [0.29, 0.717) is 11.4 Å². The van der Waals surface area contributed by atoms with Gasteiger partial charge in [0.05, 0.1) is 0 Å². The van der Waals surface area contributed by atoms with Crippen molar-refractivity contribution in [2.24, 2.45) is 0 Å². The summed E-state index contributed by atoms with van der Waals surface area (Å²) in [5, 5.41) is 0. The van der Waals surface area contributed by atoms with Gasteiger partial charge in [0.15, 0.2) is 0 Å². The van der Waals surface area contributed by atoms with Crippen LogP contribution >= 0.6 is 12.6 Å². The van der Waals surface area contributed by atoms with E-state index in [-0.39, 0.29) is 0 Å². The number of hydrogen-bond donors (Lipinski definition) is 3. The number of hydrogen-bond acceptors (Lipinski definition) is 3. The standard InChI is InChI=1S/C13H14N2S/c1-8-5-6-9(7-12(8)16)13-10(14)3-2-4-11(13)15/h2-7,16H,14-15H2,1H3. The van der Waals surface area contributed by atoms with E-state index in [1.54, 1.807) is 0 Å². The number of rotatable bonds is 1. The van der Waals surface area contributed by atoms with Crippen molar-refractivity contribution in [3.8, 4) is 11.1 Å². The van der Waals surface area contributed by atoms with Gasteiger partial charge >= 0.3 is 0 Å². The highest BCUT2D eigenvalue weighted by molar-refractivity contribution is 7.80. The molecule has 3 heteroatoms. The van der Waals surface area contributed by atoms with Crippen LogP contribution in [0.1, 0.15) is 5.56 Å². The lowest BCUT2D eigenvalue weighted by Crippen LogP contribution is -1.96. The Morgan fingerprint density at radius 1 is 1.00 bits per heavy atom. The zero-order valence-electron chi connectivity index (χ0n) is 9.07. The van der Waals surface area contributed by atoms with E-state index in [1.165, 1.54) is 0 Å². The maximum absolute atomic E-state index is 5.94. The van der Waals surface area contributed by atoms with Gasteiger partial charge in [0, 0.05) is 21.8 Å². The first kappa shape index (κ1) is 10.9. The molecule has 0 spiro atoms. The van der Waals surface area contributed by atoms with E-state index in [9.17, 15) is 0 Å². The van der Waals surface area contributed by atoms with Crippen molar-refractivity contribution in [1.82, 2.24) is 0 Å². The molecule has 0 aliphatic carbocycles. The molecule has 0 bridgehead atoms. The van der Waals surface area contributed by atoms with Crippen molar-refractivity contribution in [2.75, 3.05) is 11.5 Å². The van der Waals surface area contributed by atoms with Crippen LogP contribution in [0.25, 0.3) is 11.1 Å². The normalized spacial score (nSPS) is 10.4. The molecule has 0 saturated carbocycles. The van der Waals surface area contributed by atoms with Crippen molar-refractivity contribution in [3.63, 3.8) is 0 Å². The van der Waals surface area contributed by atoms with Crippen LogP contribution in [-0.4, -0.2) is 0 Å². The van der Waals surface area contributed by atoms with E-state index >= 15 is 0 Å². The average molecular weight is 230 g/mol. The second-order valence-electron chi connectivity index (χ2n) is 3.81. The summed E-state index contributed by atoms with van der Waals surface area (Å²) >= 11 is 4.40. The van der Waals surface area contributed by atoms with Crippen molar-refractivity contribution in [1.29, 1.82) is 0 Å². The van der Waals surface area contributed by atoms with Gasteiger partial charge in [0.2, 0.25) is 0 Å². The summed E-state index contributed by atoms with van der Waals surface area (Å²) in [6.45, 7) is 2.02. The number of anilines is 2. The lowest BCUT2D eigenvalue weighted by atomic mass is 10.0. The molecule has 4 N–H and O–H groups in total. The minimum absolute atomic E-state index is 0.691. The molecule has 0 radical (unpaired) electrons. The molecule has 0 heterocycles. The molecule has 0 unspecified atom stereocenters. The Balaban J connectivity index is 2.63. The first-order valence-electron chi connectivity index (χ1n) is 5.03. The SMILES string of the molecule is Cc1ccc(-c2c(N)cccc2N)cc1S. The smallest absolute Gasteiger partial charge is 0.0414 e. The summed E-state index contributed by atoms with van der Waals surface area (Å²) in [4.78, 5) is 0.945. The Kier molecular flexibility index (Phi) is 2.79. The molecule has 2 nitrogen and oxygen atoms in total. The van der Waals surface area contributed by atoms with Crippen LogP contribution in [0.2, 0.25) is 0 Å². The minimum Gasteiger partial charge on any atom is -0.398 e. The van der Waals surface area contributed by atoms with Gasteiger partial charge in [-0.05, 0) is 36.2 Å². The summed E-state index contributed by atoms with van der Waals surface area (Å²) in [7, 11) is 0. The Bertz CT molecular complexity index is 515. The van der Waals surface area contributed by atoms with Crippen molar-refractivity contribution in [2.45, 2.75) is 11.8 Å². The number of aryl methyl sites for hydroxylation is 1. The van der Waals surface area contributed by atoms with Gasteiger partial charge in [-0.3, -0.25) is 0 Å².